The van der Waals surface area contributed by atoms with E-state index in [0.717, 1.165) is 50.4 Å². The number of aryl methyl sites for hydroxylation is 1. The van der Waals surface area contributed by atoms with Crippen LogP contribution in [0.4, 0.5) is 0 Å². The SMILES string of the molecule is CCc1ccc(CN2CCC[C@H](CNC(=O)c3ccc(=O)[nH]c3)C2)o1. The predicted octanol–water partition coefficient (Wildman–Crippen LogP) is 2.17. The number of amides is 1. The highest BCUT2D eigenvalue weighted by molar-refractivity contribution is 5.93. The van der Waals surface area contributed by atoms with Crippen molar-refractivity contribution in [2.24, 2.45) is 5.92 Å². The Morgan fingerprint density at radius 3 is 2.88 bits per heavy atom. The van der Waals surface area contributed by atoms with Crippen LogP contribution in [0.15, 0.2) is 39.7 Å². The van der Waals surface area contributed by atoms with Crippen molar-refractivity contribution in [2.45, 2.75) is 32.7 Å². The first kappa shape index (κ1) is 17.5. The third-order valence-electron chi connectivity index (χ3n) is 4.65. The number of likely N-dealkylation sites (tertiary alicyclic amines) is 1. The van der Waals surface area contributed by atoms with Crippen LogP contribution in [0.1, 0.15) is 41.6 Å². The number of nitrogens with one attached hydrogen (secondary N) is 2. The minimum atomic E-state index is -0.205. The Morgan fingerprint density at radius 1 is 1.32 bits per heavy atom. The summed E-state index contributed by atoms with van der Waals surface area (Å²) in [6.07, 6.45) is 4.60. The zero-order chi connectivity index (χ0) is 17.6. The molecule has 25 heavy (non-hydrogen) atoms. The van der Waals surface area contributed by atoms with E-state index in [0.29, 0.717) is 18.0 Å². The molecule has 2 aromatic rings. The van der Waals surface area contributed by atoms with Gasteiger partial charge in [0.1, 0.15) is 11.5 Å². The van der Waals surface area contributed by atoms with Gasteiger partial charge in [-0.05, 0) is 43.5 Å². The average molecular weight is 343 g/mol. The third kappa shape index (κ3) is 4.82. The van der Waals surface area contributed by atoms with Gasteiger partial charge < -0.3 is 14.7 Å². The monoisotopic (exact) mass is 343 g/mol. The maximum Gasteiger partial charge on any atom is 0.252 e. The summed E-state index contributed by atoms with van der Waals surface area (Å²) < 4.78 is 5.80. The molecular weight excluding hydrogens is 318 g/mol. The Balaban J connectivity index is 1.48. The lowest BCUT2D eigenvalue weighted by Gasteiger charge is -2.32. The van der Waals surface area contributed by atoms with E-state index in [-0.39, 0.29) is 11.5 Å². The molecule has 1 aliphatic rings. The summed E-state index contributed by atoms with van der Waals surface area (Å²) in [4.78, 5) is 28.1. The number of rotatable bonds is 6. The van der Waals surface area contributed by atoms with Crippen LogP contribution in [-0.4, -0.2) is 35.4 Å². The fourth-order valence-electron chi connectivity index (χ4n) is 3.27. The first-order valence-corrected chi connectivity index (χ1v) is 8.91. The number of aromatic amines is 1. The minimum absolute atomic E-state index is 0.146. The van der Waals surface area contributed by atoms with Crippen LogP contribution in [0, 0.1) is 5.92 Å². The molecule has 0 unspecified atom stereocenters. The van der Waals surface area contributed by atoms with Crippen LogP contribution in [0.3, 0.4) is 0 Å². The van der Waals surface area contributed by atoms with Gasteiger partial charge in [-0.1, -0.05) is 6.92 Å². The summed E-state index contributed by atoms with van der Waals surface area (Å²) in [6, 6.07) is 7.01. The molecule has 134 valence electrons. The highest BCUT2D eigenvalue weighted by Crippen LogP contribution is 2.19. The second-order valence-corrected chi connectivity index (χ2v) is 6.62. The van der Waals surface area contributed by atoms with E-state index >= 15 is 0 Å². The first-order chi connectivity index (χ1) is 12.1. The molecule has 1 atom stereocenters. The maximum absolute atomic E-state index is 12.1. The van der Waals surface area contributed by atoms with Crippen LogP contribution in [-0.2, 0) is 13.0 Å². The van der Waals surface area contributed by atoms with E-state index in [2.05, 4.69) is 28.2 Å². The molecule has 1 amide bonds. The number of furan rings is 1. The van der Waals surface area contributed by atoms with Gasteiger partial charge in [-0.15, -0.1) is 0 Å². The lowest BCUT2D eigenvalue weighted by Crippen LogP contribution is -2.40. The van der Waals surface area contributed by atoms with E-state index in [1.165, 1.54) is 12.3 Å². The van der Waals surface area contributed by atoms with E-state index in [1.807, 2.05) is 6.07 Å². The van der Waals surface area contributed by atoms with Gasteiger partial charge in [-0.25, -0.2) is 0 Å². The molecule has 0 bridgehead atoms. The maximum atomic E-state index is 12.1. The smallest absolute Gasteiger partial charge is 0.252 e. The molecule has 0 spiro atoms. The molecule has 2 aromatic heterocycles. The number of H-pyrrole nitrogens is 1. The second kappa shape index (κ2) is 8.16. The summed E-state index contributed by atoms with van der Waals surface area (Å²) in [6.45, 7) is 5.57. The Kier molecular flexibility index (Phi) is 5.71. The van der Waals surface area contributed by atoms with Gasteiger partial charge in [-0.3, -0.25) is 14.5 Å². The predicted molar refractivity (Wildman–Crippen MR) is 95.5 cm³/mol. The molecule has 6 nitrogen and oxygen atoms in total. The van der Waals surface area contributed by atoms with Crippen molar-refractivity contribution in [1.82, 2.24) is 15.2 Å². The van der Waals surface area contributed by atoms with E-state index in [1.54, 1.807) is 6.07 Å². The molecule has 1 saturated heterocycles. The average Bonchev–Trinajstić information content (AvgIpc) is 3.08. The lowest BCUT2D eigenvalue weighted by molar-refractivity contribution is 0.0927. The fourth-order valence-corrected chi connectivity index (χ4v) is 3.27. The third-order valence-corrected chi connectivity index (χ3v) is 4.65. The number of carbonyl (C=O) groups is 1. The molecule has 2 N–H and O–H groups in total. The topological polar surface area (TPSA) is 78.3 Å². The Bertz CT molecular complexity index is 745. The Morgan fingerprint density at radius 2 is 2.16 bits per heavy atom. The molecule has 6 heteroatoms. The summed E-state index contributed by atoms with van der Waals surface area (Å²) in [5.74, 6) is 2.32. The van der Waals surface area contributed by atoms with Gasteiger partial charge in [0.25, 0.3) is 5.91 Å². The molecule has 0 aromatic carbocycles. The number of carbonyl (C=O) groups excluding carboxylic acids is 1. The number of hydrogen-bond acceptors (Lipinski definition) is 4. The van der Waals surface area contributed by atoms with Gasteiger partial charge in [0.2, 0.25) is 5.56 Å². The van der Waals surface area contributed by atoms with E-state index in [4.69, 9.17) is 4.42 Å². The van der Waals surface area contributed by atoms with Crippen molar-refractivity contribution in [3.05, 3.63) is 57.9 Å². The van der Waals surface area contributed by atoms with Gasteiger partial charge in [0.05, 0.1) is 12.1 Å². The number of hydrogen-bond donors (Lipinski definition) is 2. The van der Waals surface area contributed by atoms with Gasteiger partial charge in [0, 0.05) is 31.8 Å². The van der Waals surface area contributed by atoms with Crippen LogP contribution < -0.4 is 10.9 Å². The summed E-state index contributed by atoms with van der Waals surface area (Å²) in [5, 5.41) is 2.97. The van der Waals surface area contributed by atoms with E-state index in [9.17, 15) is 9.59 Å². The normalized spacial score (nSPS) is 18.2. The van der Waals surface area contributed by atoms with Crippen molar-refractivity contribution < 1.29 is 9.21 Å². The van der Waals surface area contributed by atoms with Crippen LogP contribution in [0.5, 0.6) is 0 Å². The fraction of sp³-hybridized carbons (Fsp3) is 0.474. The minimum Gasteiger partial charge on any atom is -0.465 e. The number of piperidine rings is 1. The summed E-state index contributed by atoms with van der Waals surface area (Å²) >= 11 is 0. The zero-order valence-corrected chi connectivity index (χ0v) is 14.6. The Hall–Kier alpha value is -2.34. The van der Waals surface area contributed by atoms with Crippen molar-refractivity contribution in [2.75, 3.05) is 19.6 Å². The van der Waals surface area contributed by atoms with Crippen LogP contribution in [0.2, 0.25) is 0 Å². The van der Waals surface area contributed by atoms with Crippen molar-refractivity contribution in [3.63, 3.8) is 0 Å². The molecule has 0 aliphatic carbocycles. The van der Waals surface area contributed by atoms with Crippen molar-refractivity contribution in [1.29, 1.82) is 0 Å². The summed E-state index contributed by atoms with van der Waals surface area (Å²) in [5.41, 5.74) is 0.276. The van der Waals surface area contributed by atoms with Gasteiger partial charge in [-0.2, -0.15) is 0 Å². The molecular formula is C19H25N3O3. The van der Waals surface area contributed by atoms with Gasteiger partial charge >= 0.3 is 0 Å². The lowest BCUT2D eigenvalue weighted by atomic mass is 9.98. The Labute approximate surface area is 147 Å². The largest absolute Gasteiger partial charge is 0.465 e. The molecule has 3 heterocycles. The zero-order valence-electron chi connectivity index (χ0n) is 14.6. The van der Waals surface area contributed by atoms with Gasteiger partial charge in [0.15, 0.2) is 0 Å². The molecule has 0 saturated carbocycles. The molecule has 1 aliphatic heterocycles. The number of aromatic nitrogens is 1. The summed E-state index contributed by atoms with van der Waals surface area (Å²) in [7, 11) is 0. The van der Waals surface area contributed by atoms with Crippen molar-refractivity contribution >= 4 is 5.91 Å². The molecule has 1 fully saturated rings. The molecule has 3 rings (SSSR count). The standard InChI is InChI=1S/C19H25N3O3/c1-2-16-6-7-17(25-16)13-22-9-3-4-14(12-22)10-21-19(24)15-5-8-18(23)20-11-15/h5-8,11,14H,2-4,9-10,12-13H2,1H3,(H,20,23)(H,21,24)/t14-/m1/s1. The second-order valence-electron chi connectivity index (χ2n) is 6.62. The van der Waals surface area contributed by atoms with Crippen LogP contribution >= 0.6 is 0 Å². The number of pyridine rings is 1. The first-order valence-electron chi connectivity index (χ1n) is 8.91. The highest BCUT2D eigenvalue weighted by Gasteiger charge is 2.21. The molecule has 0 radical (unpaired) electrons. The quantitative estimate of drug-likeness (QED) is 0.843. The van der Waals surface area contributed by atoms with Crippen LogP contribution in [0.25, 0.3) is 0 Å². The number of nitrogens with zero attached hydrogens (tertiary/aromatic N) is 1. The van der Waals surface area contributed by atoms with E-state index < -0.39 is 0 Å². The van der Waals surface area contributed by atoms with Crippen molar-refractivity contribution in [3.8, 4) is 0 Å². The highest BCUT2D eigenvalue weighted by atomic mass is 16.3.